The van der Waals surface area contributed by atoms with E-state index in [2.05, 4.69) is 15.6 Å². The number of halogens is 4. The summed E-state index contributed by atoms with van der Waals surface area (Å²) in [6.45, 7) is 0.671. The molecule has 32 heavy (non-hydrogen) atoms. The van der Waals surface area contributed by atoms with E-state index in [9.17, 15) is 22.4 Å². The molecule has 0 spiro atoms. The highest BCUT2D eigenvalue weighted by Crippen LogP contribution is 2.48. The van der Waals surface area contributed by atoms with E-state index < -0.39 is 23.8 Å². The summed E-state index contributed by atoms with van der Waals surface area (Å²) in [4.78, 5) is 15.3. The van der Waals surface area contributed by atoms with Crippen LogP contribution in [0.4, 0.5) is 17.6 Å². The highest BCUT2D eigenvalue weighted by Gasteiger charge is 2.36. The third-order valence-corrected chi connectivity index (χ3v) is 6.60. The first kappa shape index (κ1) is 21.0. The minimum absolute atomic E-state index is 0.0479. The fourth-order valence-corrected chi connectivity index (χ4v) is 4.91. The number of amides is 1. The Morgan fingerprint density at radius 3 is 2.47 bits per heavy atom. The quantitative estimate of drug-likeness (QED) is 0.505. The molecule has 2 fully saturated rings. The molecule has 0 bridgehead atoms. The van der Waals surface area contributed by atoms with Crippen molar-refractivity contribution < 1.29 is 22.4 Å². The Morgan fingerprint density at radius 1 is 1.03 bits per heavy atom. The molecule has 2 aromatic carbocycles. The molecule has 0 radical (unpaired) electrons. The predicted molar refractivity (Wildman–Crippen MR) is 113 cm³/mol. The lowest BCUT2D eigenvalue weighted by Crippen LogP contribution is -2.43. The van der Waals surface area contributed by atoms with Gasteiger partial charge in [0.1, 0.15) is 23.6 Å². The maximum absolute atomic E-state index is 14.5. The van der Waals surface area contributed by atoms with Crippen LogP contribution in [0.25, 0.3) is 22.2 Å². The van der Waals surface area contributed by atoms with E-state index in [4.69, 9.17) is 0 Å². The number of H-pyrrole nitrogens is 1. The summed E-state index contributed by atoms with van der Waals surface area (Å²) in [5.74, 6) is -1.63. The molecule has 3 aromatic rings. The smallest absolute Gasteiger partial charge is 0.237 e. The molecule has 3 N–H and O–H groups in total. The number of carbonyl (C=O) groups is 1. The molecule has 1 saturated heterocycles. The number of alkyl halides is 1. The van der Waals surface area contributed by atoms with Crippen LogP contribution in [-0.2, 0) is 4.79 Å². The van der Waals surface area contributed by atoms with Crippen LogP contribution in [0.2, 0.25) is 0 Å². The van der Waals surface area contributed by atoms with Gasteiger partial charge >= 0.3 is 0 Å². The van der Waals surface area contributed by atoms with Crippen molar-refractivity contribution in [2.24, 2.45) is 5.92 Å². The molecule has 2 aliphatic rings. The number of carbonyl (C=O) groups excluding carboxylic acids is 1. The van der Waals surface area contributed by atoms with Gasteiger partial charge in [-0.1, -0.05) is 0 Å². The molecule has 1 aromatic heterocycles. The molecule has 168 valence electrons. The summed E-state index contributed by atoms with van der Waals surface area (Å²) in [5.41, 5.74) is 2.39. The van der Waals surface area contributed by atoms with E-state index in [0.717, 1.165) is 24.5 Å². The monoisotopic (exact) mass is 445 g/mol. The van der Waals surface area contributed by atoms with Gasteiger partial charge in [0, 0.05) is 31.0 Å². The van der Waals surface area contributed by atoms with Crippen molar-refractivity contribution in [3.8, 4) is 11.3 Å². The lowest BCUT2D eigenvalue weighted by Gasteiger charge is -2.36. The number of hydrogen-bond donors (Lipinski definition) is 3. The number of hydrogen-bond acceptors (Lipinski definition) is 2. The number of aromatic nitrogens is 1. The molecule has 1 amide bonds. The molecule has 1 saturated carbocycles. The third kappa shape index (κ3) is 3.88. The Bertz CT molecular complexity index is 1150. The van der Waals surface area contributed by atoms with E-state index >= 15 is 0 Å². The van der Waals surface area contributed by atoms with Gasteiger partial charge in [-0.15, -0.1) is 0 Å². The number of fused-ring (bicyclic) bond motifs is 1. The Kier molecular flexibility index (Phi) is 5.41. The molecule has 1 aliphatic heterocycles. The van der Waals surface area contributed by atoms with E-state index in [0.29, 0.717) is 23.2 Å². The maximum atomic E-state index is 14.5. The van der Waals surface area contributed by atoms with Crippen molar-refractivity contribution in [2.45, 2.75) is 37.4 Å². The summed E-state index contributed by atoms with van der Waals surface area (Å²) < 4.78 is 55.2. The standard InChI is InChI=1S/C24H23F4N3O/c25-15-3-1-13(2-4-15)22-21(18-7-16(26)8-19(28)23(18)31-22)14-5-12(6-14)10-30-24(32)20-9-17(27)11-29-20/h1-4,7-8,12,14,17,20,29,31H,5-6,9-11H2,(H,30,32)/t12?,14?,17-,20+/m1/s1. The van der Waals surface area contributed by atoms with Crippen LogP contribution in [0, 0.1) is 23.4 Å². The van der Waals surface area contributed by atoms with Crippen molar-refractivity contribution in [3.05, 3.63) is 59.4 Å². The van der Waals surface area contributed by atoms with E-state index in [1.54, 1.807) is 12.1 Å². The second-order valence-corrected chi connectivity index (χ2v) is 8.80. The van der Waals surface area contributed by atoms with E-state index in [1.165, 1.54) is 18.2 Å². The van der Waals surface area contributed by atoms with E-state index in [-0.39, 0.29) is 42.0 Å². The number of benzene rings is 2. The van der Waals surface area contributed by atoms with Gasteiger partial charge in [-0.05, 0) is 66.1 Å². The van der Waals surface area contributed by atoms with Crippen molar-refractivity contribution in [1.29, 1.82) is 0 Å². The fraction of sp³-hybridized carbons (Fsp3) is 0.375. The zero-order valence-corrected chi connectivity index (χ0v) is 17.2. The summed E-state index contributed by atoms with van der Waals surface area (Å²) in [6, 6.07) is 7.56. The van der Waals surface area contributed by atoms with E-state index in [1.807, 2.05) is 0 Å². The van der Waals surface area contributed by atoms with Crippen LogP contribution in [0.5, 0.6) is 0 Å². The van der Waals surface area contributed by atoms with Crippen molar-refractivity contribution in [2.75, 3.05) is 13.1 Å². The third-order valence-electron chi connectivity index (χ3n) is 6.60. The second-order valence-electron chi connectivity index (χ2n) is 8.80. The predicted octanol–water partition coefficient (Wildman–Crippen LogP) is 4.56. The average Bonchev–Trinajstić information content (AvgIpc) is 3.32. The molecule has 5 rings (SSSR count). The molecule has 2 atom stereocenters. The molecule has 2 heterocycles. The Morgan fingerprint density at radius 2 is 1.78 bits per heavy atom. The maximum Gasteiger partial charge on any atom is 0.237 e. The molecule has 1 aliphatic carbocycles. The SMILES string of the molecule is O=C(NCC1CC(c2c(-c3ccc(F)cc3)[nH]c3c(F)cc(F)cc23)C1)[C@@H]1C[C@@H](F)CN1. The van der Waals surface area contributed by atoms with Crippen molar-refractivity contribution >= 4 is 16.8 Å². The van der Waals surface area contributed by atoms with Gasteiger partial charge in [0.05, 0.1) is 17.3 Å². The minimum Gasteiger partial charge on any atom is -0.354 e. The lowest BCUT2D eigenvalue weighted by atomic mass is 9.70. The van der Waals surface area contributed by atoms with Crippen LogP contribution < -0.4 is 10.6 Å². The Hall–Kier alpha value is -2.87. The first-order chi connectivity index (χ1) is 15.4. The normalized spacial score (nSPS) is 25.1. The van der Waals surface area contributed by atoms with Crippen LogP contribution in [0.15, 0.2) is 36.4 Å². The fourth-order valence-electron chi connectivity index (χ4n) is 4.91. The van der Waals surface area contributed by atoms with Gasteiger partial charge in [0.25, 0.3) is 0 Å². The molecule has 4 nitrogen and oxygen atoms in total. The van der Waals surface area contributed by atoms with Gasteiger partial charge in [-0.3, -0.25) is 4.79 Å². The van der Waals surface area contributed by atoms with Crippen LogP contribution >= 0.6 is 0 Å². The molecule has 0 unspecified atom stereocenters. The van der Waals surface area contributed by atoms with Crippen LogP contribution in [0.3, 0.4) is 0 Å². The summed E-state index contributed by atoms with van der Waals surface area (Å²) >= 11 is 0. The van der Waals surface area contributed by atoms with Gasteiger partial charge < -0.3 is 15.6 Å². The Labute approximate surface area is 182 Å². The highest BCUT2D eigenvalue weighted by atomic mass is 19.1. The largest absolute Gasteiger partial charge is 0.354 e. The lowest BCUT2D eigenvalue weighted by molar-refractivity contribution is -0.123. The van der Waals surface area contributed by atoms with Crippen molar-refractivity contribution in [1.82, 2.24) is 15.6 Å². The minimum atomic E-state index is -0.994. The number of nitrogens with one attached hydrogen (secondary N) is 3. The molecular formula is C24H23F4N3O. The average molecular weight is 445 g/mol. The summed E-state index contributed by atoms with van der Waals surface area (Å²) in [6.07, 6.45) is 0.672. The zero-order chi connectivity index (χ0) is 22.4. The topological polar surface area (TPSA) is 56.9 Å². The summed E-state index contributed by atoms with van der Waals surface area (Å²) in [7, 11) is 0. The summed E-state index contributed by atoms with van der Waals surface area (Å²) in [5, 5.41) is 6.24. The van der Waals surface area contributed by atoms with Gasteiger partial charge in [0.2, 0.25) is 5.91 Å². The zero-order valence-electron chi connectivity index (χ0n) is 17.2. The number of rotatable bonds is 5. The van der Waals surface area contributed by atoms with Crippen molar-refractivity contribution in [3.63, 3.8) is 0 Å². The first-order valence-corrected chi connectivity index (χ1v) is 10.8. The second kappa shape index (κ2) is 8.24. The van der Waals surface area contributed by atoms with Gasteiger partial charge in [-0.25, -0.2) is 17.6 Å². The number of aromatic amines is 1. The van der Waals surface area contributed by atoms with Crippen LogP contribution in [0.1, 0.15) is 30.7 Å². The van der Waals surface area contributed by atoms with Gasteiger partial charge in [0.15, 0.2) is 0 Å². The highest BCUT2D eigenvalue weighted by molar-refractivity contribution is 5.92. The molecule has 8 heteroatoms. The molecular weight excluding hydrogens is 422 g/mol. The van der Waals surface area contributed by atoms with Gasteiger partial charge in [-0.2, -0.15) is 0 Å². The first-order valence-electron chi connectivity index (χ1n) is 10.8. The Balaban J connectivity index is 1.35. The van der Waals surface area contributed by atoms with Crippen LogP contribution in [-0.4, -0.2) is 36.2 Å².